The van der Waals surface area contributed by atoms with E-state index in [9.17, 15) is 9.90 Å². The fourth-order valence-electron chi connectivity index (χ4n) is 2.06. The van der Waals surface area contributed by atoms with Crippen molar-refractivity contribution in [3.05, 3.63) is 11.6 Å². The van der Waals surface area contributed by atoms with E-state index >= 15 is 0 Å². The summed E-state index contributed by atoms with van der Waals surface area (Å²) in [7, 11) is 0. The largest absolute Gasteiger partial charge is 0.481 e. The lowest BCUT2D eigenvalue weighted by molar-refractivity contribution is -0.150. The Balaban J connectivity index is 3.14. The first-order chi connectivity index (χ1) is 8.20. The summed E-state index contributed by atoms with van der Waals surface area (Å²) < 4.78 is 2.00. The first-order valence-corrected chi connectivity index (χ1v) is 6.34. The van der Waals surface area contributed by atoms with Crippen LogP contribution in [0.4, 0.5) is 0 Å². The summed E-state index contributed by atoms with van der Waals surface area (Å²) in [6, 6.07) is 0.236. The zero-order valence-electron chi connectivity index (χ0n) is 12.1. The lowest BCUT2D eigenvalue weighted by atomic mass is 9.76. The van der Waals surface area contributed by atoms with Crippen LogP contribution in [0.25, 0.3) is 0 Å². The van der Waals surface area contributed by atoms with E-state index < -0.39 is 11.4 Å². The smallest absolute Gasteiger partial charge is 0.310 e. The molecule has 102 valence electrons. The van der Waals surface area contributed by atoms with Gasteiger partial charge in [-0.25, -0.2) is 0 Å². The van der Waals surface area contributed by atoms with E-state index in [2.05, 4.69) is 10.2 Å². The molecule has 1 unspecified atom stereocenters. The van der Waals surface area contributed by atoms with E-state index in [-0.39, 0.29) is 12.0 Å². The van der Waals surface area contributed by atoms with E-state index in [0.29, 0.717) is 6.42 Å². The number of hydrogen-bond donors (Lipinski definition) is 1. The highest BCUT2D eigenvalue weighted by Crippen LogP contribution is 2.32. The molecule has 0 aliphatic rings. The van der Waals surface area contributed by atoms with Crippen LogP contribution in [0.2, 0.25) is 0 Å². The normalized spacial score (nSPS) is 15.1. The fraction of sp³-hybridized carbons (Fsp3) is 0.769. The predicted molar refractivity (Wildman–Crippen MR) is 69.4 cm³/mol. The second-order valence-corrected chi connectivity index (χ2v) is 5.68. The third-order valence-corrected chi connectivity index (χ3v) is 3.74. The van der Waals surface area contributed by atoms with Crippen LogP contribution in [0.15, 0.2) is 0 Å². The maximum absolute atomic E-state index is 11.5. The molecular weight excluding hydrogens is 230 g/mol. The van der Waals surface area contributed by atoms with Crippen LogP contribution in [0.5, 0.6) is 0 Å². The minimum absolute atomic E-state index is 0.0348. The maximum atomic E-state index is 11.5. The van der Waals surface area contributed by atoms with Gasteiger partial charge in [-0.05, 0) is 33.6 Å². The second kappa shape index (κ2) is 5.08. The summed E-state index contributed by atoms with van der Waals surface area (Å²) in [6.45, 7) is 11.6. The van der Waals surface area contributed by atoms with Gasteiger partial charge in [0, 0.05) is 12.5 Å². The predicted octanol–water partition coefficient (Wildman–Crippen LogP) is 2.46. The number of nitrogens with zero attached hydrogens (tertiary/aromatic N) is 3. The highest BCUT2D eigenvalue weighted by Gasteiger charge is 2.38. The minimum Gasteiger partial charge on any atom is -0.481 e. The van der Waals surface area contributed by atoms with Crippen LogP contribution in [-0.2, 0) is 11.2 Å². The van der Waals surface area contributed by atoms with Crippen molar-refractivity contribution < 1.29 is 9.90 Å². The molecule has 1 N–H and O–H groups in total. The van der Waals surface area contributed by atoms with Crippen LogP contribution < -0.4 is 0 Å². The number of carboxylic acids is 1. The van der Waals surface area contributed by atoms with Crippen LogP contribution in [0, 0.1) is 18.3 Å². The van der Waals surface area contributed by atoms with Gasteiger partial charge in [-0.2, -0.15) is 0 Å². The van der Waals surface area contributed by atoms with Crippen molar-refractivity contribution in [3.63, 3.8) is 0 Å². The second-order valence-electron chi connectivity index (χ2n) is 5.68. The highest BCUT2D eigenvalue weighted by molar-refractivity contribution is 5.74. The molecule has 5 heteroatoms. The number of aromatic nitrogens is 3. The van der Waals surface area contributed by atoms with Crippen LogP contribution in [-0.4, -0.2) is 25.8 Å². The first kappa shape index (κ1) is 14.7. The molecule has 1 atom stereocenters. The van der Waals surface area contributed by atoms with E-state index in [1.807, 2.05) is 39.2 Å². The monoisotopic (exact) mass is 253 g/mol. The summed E-state index contributed by atoms with van der Waals surface area (Å²) in [5, 5.41) is 17.6. The number of carboxylic acid groups (broad SMARTS) is 1. The zero-order valence-corrected chi connectivity index (χ0v) is 12.1. The van der Waals surface area contributed by atoms with Gasteiger partial charge in [-0.3, -0.25) is 4.79 Å². The quantitative estimate of drug-likeness (QED) is 0.875. The topological polar surface area (TPSA) is 68.0 Å². The highest BCUT2D eigenvalue weighted by atomic mass is 16.4. The summed E-state index contributed by atoms with van der Waals surface area (Å²) in [6.07, 6.45) is 0.402. The van der Waals surface area contributed by atoms with Gasteiger partial charge in [0.05, 0.1) is 5.41 Å². The Morgan fingerprint density at radius 2 is 1.89 bits per heavy atom. The van der Waals surface area contributed by atoms with E-state index in [1.165, 1.54) is 0 Å². The van der Waals surface area contributed by atoms with Crippen molar-refractivity contribution in [1.82, 2.24) is 14.8 Å². The minimum atomic E-state index is -0.813. The zero-order chi connectivity index (χ0) is 14.1. The summed E-state index contributed by atoms with van der Waals surface area (Å²) in [5.74, 6) is 0.832. The number of aryl methyl sites for hydroxylation is 1. The Hall–Kier alpha value is -1.39. The molecule has 0 radical (unpaired) electrons. The number of rotatable bonds is 5. The van der Waals surface area contributed by atoms with Crippen molar-refractivity contribution in [2.45, 2.75) is 54.0 Å². The Morgan fingerprint density at radius 1 is 1.33 bits per heavy atom. The van der Waals surface area contributed by atoms with Crippen molar-refractivity contribution in [2.24, 2.45) is 11.3 Å². The Morgan fingerprint density at radius 3 is 2.28 bits per heavy atom. The third kappa shape index (κ3) is 2.54. The molecule has 1 aromatic heterocycles. The van der Waals surface area contributed by atoms with E-state index in [1.54, 1.807) is 6.92 Å². The van der Waals surface area contributed by atoms with Gasteiger partial charge in [-0.1, -0.05) is 13.8 Å². The summed E-state index contributed by atoms with van der Waals surface area (Å²) in [5.41, 5.74) is -0.813. The van der Waals surface area contributed by atoms with Crippen LogP contribution in [0.3, 0.4) is 0 Å². The number of aliphatic carboxylic acids is 1. The lowest BCUT2D eigenvalue weighted by Crippen LogP contribution is -2.36. The van der Waals surface area contributed by atoms with E-state index in [4.69, 9.17) is 0 Å². The summed E-state index contributed by atoms with van der Waals surface area (Å²) in [4.78, 5) is 11.5. The average molecular weight is 253 g/mol. The molecule has 0 saturated heterocycles. The molecule has 1 rings (SSSR count). The molecule has 0 bridgehead atoms. The molecule has 18 heavy (non-hydrogen) atoms. The molecule has 1 heterocycles. The molecular formula is C13H23N3O2. The first-order valence-electron chi connectivity index (χ1n) is 6.34. The Labute approximate surface area is 108 Å². The van der Waals surface area contributed by atoms with Gasteiger partial charge in [0.15, 0.2) is 0 Å². The number of carbonyl (C=O) groups is 1. The average Bonchev–Trinajstić information content (AvgIpc) is 2.58. The molecule has 1 aromatic rings. The maximum Gasteiger partial charge on any atom is 0.310 e. The molecule has 0 amide bonds. The number of hydrogen-bond acceptors (Lipinski definition) is 3. The SMILES string of the molecule is Cc1nnc(CC(C)(C(=O)O)C(C)C)n1C(C)C. The molecule has 0 spiro atoms. The van der Waals surface area contributed by atoms with Crippen molar-refractivity contribution >= 4 is 5.97 Å². The molecule has 0 aliphatic heterocycles. The lowest BCUT2D eigenvalue weighted by Gasteiger charge is -2.29. The van der Waals surface area contributed by atoms with Crippen molar-refractivity contribution in [2.75, 3.05) is 0 Å². The third-order valence-electron chi connectivity index (χ3n) is 3.74. The Bertz CT molecular complexity index is 437. The van der Waals surface area contributed by atoms with Crippen LogP contribution in [0.1, 0.15) is 52.3 Å². The van der Waals surface area contributed by atoms with Gasteiger partial charge in [0.25, 0.3) is 0 Å². The molecule has 0 saturated carbocycles. The van der Waals surface area contributed by atoms with Crippen molar-refractivity contribution in [3.8, 4) is 0 Å². The van der Waals surface area contributed by atoms with Gasteiger partial charge < -0.3 is 9.67 Å². The van der Waals surface area contributed by atoms with Gasteiger partial charge in [-0.15, -0.1) is 10.2 Å². The molecule has 5 nitrogen and oxygen atoms in total. The standard InChI is InChI=1S/C13H23N3O2/c1-8(2)13(6,12(17)18)7-11-15-14-10(5)16(11)9(3)4/h8-9H,7H2,1-6H3,(H,17,18). The van der Waals surface area contributed by atoms with Crippen molar-refractivity contribution in [1.29, 1.82) is 0 Å². The summed E-state index contributed by atoms with van der Waals surface area (Å²) >= 11 is 0. The fourth-order valence-corrected chi connectivity index (χ4v) is 2.06. The van der Waals surface area contributed by atoms with E-state index in [0.717, 1.165) is 11.6 Å². The Kier molecular flexibility index (Phi) is 4.14. The van der Waals surface area contributed by atoms with Gasteiger partial charge >= 0.3 is 5.97 Å². The molecule has 0 fully saturated rings. The molecule has 0 aliphatic carbocycles. The van der Waals surface area contributed by atoms with Gasteiger partial charge in [0.1, 0.15) is 11.6 Å². The molecule has 0 aromatic carbocycles. The van der Waals surface area contributed by atoms with Crippen LogP contribution >= 0.6 is 0 Å². The van der Waals surface area contributed by atoms with Gasteiger partial charge in [0.2, 0.25) is 0 Å².